The summed E-state index contributed by atoms with van der Waals surface area (Å²) in [5.41, 5.74) is 3.96. The summed E-state index contributed by atoms with van der Waals surface area (Å²) in [6.07, 6.45) is 4.71. The number of carbonyl (C=O) groups is 1. The van der Waals surface area contributed by atoms with Crippen LogP contribution in [0.3, 0.4) is 0 Å². The quantitative estimate of drug-likeness (QED) is 0.917. The summed E-state index contributed by atoms with van der Waals surface area (Å²) in [7, 11) is 0. The number of benzene rings is 1. The molecule has 2 rings (SSSR count). The molecule has 0 radical (unpaired) electrons. The van der Waals surface area contributed by atoms with Gasteiger partial charge in [-0.3, -0.25) is 9.36 Å². The number of hydrogen-bond donors (Lipinski definition) is 1. The number of nitrogens with zero attached hydrogens (tertiary/aromatic N) is 3. The first-order valence-corrected chi connectivity index (χ1v) is 6.38. The predicted molar refractivity (Wildman–Crippen MR) is 74.4 cm³/mol. The molecular weight excluding hydrogens is 240 g/mol. The average molecular weight is 258 g/mol. The molecule has 0 atom stereocenters. The molecule has 0 unspecified atom stereocenters. The van der Waals surface area contributed by atoms with E-state index in [4.69, 9.17) is 0 Å². The van der Waals surface area contributed by atoms with Crippen LogP contribution in [-0.4, -0.2) is 20.7 Å². The van der Waals surface area contributed by atoms with E-state index in [0.29, 0.717) is 6.42 Å². The number of rotatable bonds is 4. The van der Waals surface area contributed by atoms with Gasteiger partial charge in [0.05, 0.1) is 0 Å². The summed E-state index contributed by atoms with van der Waals surface area (Å²) in [4.78, 5) is 11.7. The van der Waals surface area contributed by atoms with E-state index in [0.717, 1.165) is 28.9 Å². The Morgan fingerprint density at radius 1 is 1.21 bits per heavy atom. The van der Waals surface area contributed by atoms with E-state index in [2.05, 4.69) is 15.5 Å². The summed E-state index contributed by atoms with van der Waals surface area (Å²) < 4.78 is 1.84. The second-order valence-corrected chi connectivity index (χ2v) is 4.62. The maximum absolute atomic E-state index is 11.7. The summed E-state index contributed by atoms with van der Waals surface area (Å²) >= 11 is 0. The lowest BCUT2D eigenvalue weighted by Gasteiger charge is -2.14. The molecule has 1 aromatic carbocycles. The fourth-order valence-electron chi connectivity index (χ4n) is 2.05. The summed E-state index contributed by atoms with van der Waals surface area (Å²) in [5, 5.41) is 10.6. The highest BCUT2D eigenvalue weighted by molar-refractivity contribution is 5.92. The molecule has 5 nitrogen and oxygen atoms in total. The Hall–Kier alpha value is -2.17. The van der Waals surface area contributed by atoms with Crippen molar-refractivity contribution in [2.45, 2.75) is 33.6 Å². The minimum absolute atomic E-state index is 0.0609. The molecule has 1 amide bonds. The Morgan fingerprint density at radius 3 is 2.32 bits per heavy atom. The molecule has 5 heteroatoms. The Bertz CT molecular complexity index is 552. The third kappa shape index (κ3) is 2.99. The molecule has 0 bridgehead atoms. The van der Waals surface area contributed by atoms with Crippen molar-refractivity contribution >= 4 is 11.6 Å². The van der Waals surface area contributed by atoms with Gasteiger partial charge in [-0.1, -0.05) is 6.92 Å². The lowest BCUT2D eigenvalue weighted by molar-refractivity contribution is -0.116. The van der Waals surface area contributed by atoms with Gasteiger partial charge < -0.3 is 5.32 Å². The molecule has 19 heavy (non-hydrogen) atoms. The normalized spacial score (nSPS) is 10.5. The monoisotopic (exact) mass is 258 g/mol. The highest BCUT2D eigenvalue weighted by Crippen LogP contribution is 2.24. The van der Waals surface area contributed by atoms with Crippen LogP contribution in [0.1, 0.15) is 30.9 Å². The SMILES string of the molecule is CCCC(=O)Nc1c(C)cc(-n2cnnc2)cc1C. The lowest BCUT2D eigenvalue weighted by Crippen LogP contribution is -2.13. The Labute approximate surface area is 112 Å². The molecule has 0 spiro atoms. The zero-order valence-corrected chi connectivity index (χ0v) is 11.5. The van der Waals surface area contributed by atoms with Crippen LogP contribution in [0, 0.1) is 13.8 Å². The largest absolute Gasteiger partial charge is 0.326 e. The highest BCUT2D eigenvalue weighted by Gasteiger charge is 2.09. The minimum atomic E-state index is 0.0609. The first-order chi connectivity index (χ1) is 9.11. The number of anilines is 1. The van der Waals surface area contributed by atoms with E-state index in [1.165, 1.54) is 0 Å². The molecule has 1 N–H and O–H groups in total. The van der Waals surface area contributed by atoms with Gasteiger partial charge in [-0.2, -0.15) is 0 Å². The van der Waals surface area contributed by atoms with Crippen molar-refractivity contribution in [1.29, 1.82) is 0 Å². The lowest BCUT2D eigenvalue weighted by atomic mass is 10.1. The van der Waals surface area contributed by atoms with Gasteiger partial charge in [-0.15, -0.1) is 10.2 Å². The zero-order chi connectivity index (χ0) is 13.8. The number of aromatic nitrogens is 3. The molecule has 0 aliphatic rings. The maximum Gasteiger partial charge on any atom is 0.224 e. The number of amides is 1. The first kappa shape index (κ1) is 13.3. The van der Waals surface area contributed by atoms with E-state index in [1.54, 1.807) is 12.7 Å². The van der Waals surface area contributed by atoms with Gasteiger partial charge in [-0.05, 0) is 43.5 Å². The number of carbonyl (C=O) groups excluding carboxylic acids is 1. The molecule has 100 valence electrons. The van der Waals surface area contributed by atoms with E-state index in [9.17, 15) is 4.79 Å². The van der Waals surface area contributed by atoms with Crippen LogP contribution in [0.2, 0.25) is 0 Å². The Balaban J connectivity index is 2.30. The van der Waals surface area contributed by atoms with Crippen LogP contribution in [0.15, 0.2) is 24.8 Å². The summed E-state index contributed by atoms with van der Waals surface area (Å²) in [5.74, 6) is 0.0609. The highest BCUT2D eigenvalue weighted by atomic mass is 16.1. The molecule has 0 saturated carbocycles. The average Bonchev–Trinajstić information content (AvgIpc) is 2.87. The van der Waals surface area contributed by atoms with Crippen LogP contribution in [0.5, 0.6) is 0 Å². The minimum Gasteiger partial charge on any atom is -0.326 e. The first-order valence-electron chi connectivity index (χ1n) is 6.38. The van der Waals surface area contributed by atoms with Crippen molar-refractivity contribution in [2.24, 2.45) is 0 Å². The summed E-state index contributed by atoms with van der Waals surface area (Å²) in [6.45, 7) is 5.97. The van der Waals surface area contributed by atoms with Crippen molar-refractivity contribution < 1.29 is 4.79 Å². The van der Waals surface area contributed by atoms with Gasteiger partial charge in [0.2, 0.25) is 5.91 Å². The second kappa shape index (κ2) is 5.65. The van der Waals surface area contributed by atoms with E-state index < -0.39 is 0 Å². The van der Waals surface area contributed by atoms with Crippen molar-refractivity contribution in [1.82, 2.24) is 14.8 Å². The van der Waals surface area contributed by atoms with Crippen LogP contribution < -0.4 is 5.32 Å². The van der Waals surface area contributed by atoms with Crippen LogP contribution in [0.25, 0.3) is 5.69 Å². The van der Waals surface area contributed by atoms with Gasteiger partial charge in [0, 0.05) is 17.8 Å². The van der Waals surface area contributed by atoms with E-state index >= 15 is 0 Å². The number of nitrogens with one attached hydrogen (secondary N) is 1. The predicted octanol–water partition coefficient (Wildman–Crippen LogP) is 2.62. The number of hydrogen-bond acceptors (Lipinski definition) is 3. The molecule has 0 aliphatic carbocycles. The van der Waals surface area contributed by atoms with Crippen molar-refractivity contribution in [3.63, 3.8) is 0 Å². The van der Waals surface area contributed by atoms with Crippen LogP contribution in [-0.2, 0) is 4.79 Å². The van der Waals surface area contributed by atoms with Gasteiger partial charge >= 0.3 is 0 Å². The Morgan fingerprint density at radius 2 is 1.79 bits per heavy atom. The van der Waals surface area contributed by atoms with Crippen LogP contribution in [0.4, 0.5) is 5.69 Å². The van der Waals surface area contributed by atoms with E-state index in [1.807, 2.05) is 37.5 Å². The second-order valence-electron chi connectivity index (χ2n) is 4.62. The Kier molecular flexibility index (Phi) is 3.94. The third-order valence-electron chi connectivity index (χ3n) is 2.98. The van der Waals surface area contributed by atoms with Gasteiger partial charge in [0.15, 0.2) is 0 Å². The van der Waals surface area contributed by atoms with Crippen LogP contribution >= 0.6 is 0 Å². The van der Waals surface area contributed by atoms with Crippen molar-refractivity contribution in [3.8, 4) is 5.69 Å². The topological polar surface area (TPSA) is 59.8 Å². The van der Waals surface area contributed by atoms with Crippen molar-refractivity contribution in [2.75, 3.05) is 5.32 Å². The molecule has 2 aromatic rings. The fraction of sp³-hybridized carbons (Fsp3) is 0.357. The third-order valence-corrected chi connectivity index (χ3v) is 2.98. The molecule has 1 heterocycles. The van der Waals surface area contributed by atoms with E-state index in [-0.39, 0.29) is 5.91 Å². The fourth-order valence-corrected chi connectivity index (χ4v) is 2.05. The maximum atomic E-state index is 11.7. The van der Waals surface area contributed by atoms with Gasteiger partial charge in [-0.25, -0.2) is 0 Å². The molecule has 0 saturated heterocycles. The van der Waals surface area contributed by atoms with Gasteiger partial charge in [0.1, 0.15) is 12.7 Å². The number of aryl methyl sites for hydroxylation is 2. The molecule has 0 fully saturated rings. The standard InChI is InChI=1S/C14H18N4O/c1-4-5-13(19)17-14-10(2)6-12(7-11(14)3)18-8-15-16-9-18/h6-9H,4-5H2,1-3H3,(H,17,19). The zero-order valence-electron chi connectivity index (χ0n) is 11.5. The molecular formula is C14H18N4O. The molecule has 0 aliphatic heterocycles. The molecule has 1 aromatic heterocycles. The summed E-state index contributed by atoms with van der Waals surface area (Å²) in [6, 6.07) is 4.02. The smallest absolute Gasteiger partial charge is 0.224 e. The van der Waals surface area contributed by atoms with Crippen molar-refractivity contribution in [3.05, 3.63) is 35.9 Å². The van der Waals surface area contributed by atoms with Gasteiger partial charge in [0.25, 0.3) is 0 Å².